The minimum Gasteiger partial charge on any atom is -0.495 e. The number of methoxy groups -OCH3 is 1. The molecule has 0 fully saturated rings. The first-order valence-electron chi connectivity index (χ1n) is 8.01. The fraction of sp³-hybridized carbons (Fsp3) is 0.294. The lowest BCUT2D eigenvalue weighted by molar-refractivity contribution is -0.380. The number of hydrogen-bond acceptors (Lipinski definition) is 7. The van der Waals surface area contributed by atoms with Crippen LogP contribution in [0, 0.1) is 10.1 Å². The minimum atomic E-state index is -0.513. The average Bonchev–Trinajstić information content (AvgIpc) is 3.11. The topological polar surface area (TPSA) is 97.6 Å². The summed E-state index contributed by atoms with van der Waals surface area (Å²) in [6.45, 7) is 8.14. The van der Waals surface area contributed by atoms with E-state index in [4.69, 9.17) is 4.74 Å². The second-order valence-corrected chi connectivity index (χ2v) is 7.32. The molecule has 2 amide bonds. The van der Waals surface area contributed by atoms with Gasteiger partial charge in [-0.3, -0.25) is 15.0 Å². The Hall–Kier alpha value is -2.59. The van der Waals surface area contributed by atoms with Gasteiger partial charge in [0.05, 0.1) is 22.7 Å². The van der Waals surface area contributed by atoms with Gasteiger partial charge in [0.1, 0.15) is 11.9 Å². The molecule has 0 saturated carbocycles. The standard InChI is InChI=1S/C14H14N4O4S2.C3H8/c1-9(23-14-16-8-12(24-14)18(20)21)17(13(19)15-2)10-6-4-5-7-11(10)22-3;1-3-2/h4-8H,1H2,2-3H3,(H,15,19);3H2,1-2H3. The van der Waals surface area contributed by atoms with Gasteiger partial charge in [0.25, 0.3) is 0 Å². The molecule has 2 rings (SSSR count). The van der Waals surface area contributed by atoms with E-state index < -0.39 is 11.0 Å². The smallest absolute Gasteiger partial charge is 0.344 e. The van der Waals surface area contributed by atoms with Gasteiger partial charge in [-0.2, -0.15) is 0 Å². The number of thioether (sulfide) groups is 1. The molecule has 0 radical (unpaired) electrons. The number of hydrogen-bond donors (Lipinski definition) is 1. The van der Waals surface area contributed by atoms with Gasteiger partial charge < -0.3 is 10.1 Å². The average molecular weight is 411 g/mol. The van der Waals surface area contributed by atoms with Gasteiger partial charge in [-0.1, -0.05) is 39.0 Å². The molecule has 1 aromatic carbocycles. The second kappa shape index (κ2) is 11.2. The van der Waals surface area contributed by atoms with Gasteiger partial charge in [-0.25, -0.2) is 9.78 Å². The molecule has 0 spiro atoms. The summed E-state index contributed by atoms with van der Waals surface area (Å²) in [5, 5.41) is 13.5. The lowest BCUT2D eigenvalue weighted by Crippen LogP contribution is -2.36. The summed E-state index contributed by atoms with van der Waals surface area (Å²) in [7, 11) is 3.00. The van der Waals surface area contributed by atoms with Gasteiger partial charge in [0.2, 0.25) is 0 Å². The number of benzene rings is 1. The van der Waals surface area contributed by atoms with Crippen molar-refractivity contribution in [3.8, 4) is 5.75 Å². The molecule has 27 heavy (non-hydrogen) atoms. The summed E-state index contributed by atoms with van der Waals surface area (Å²) in [6, 6.07) is 6.56. The number of nitro groups is 1. The Bertz CT molecular complexity index is 795. The maximum Gasteiger partial charge on any atom is 0.344 e. The van der Waals surface area contributed by atoms with Crippen molar-refractivity contribution in [2.75, 3.05) is 19.1 Å². The van der Waals surface area contributed by atoms with Gasteiger partial charge >= 0.3 is 11.0 Å². The van der Waals surface area contributed by atoms with E-state index in [-0.39, 0.29) is 5.00 Å². The molecule has 0 bridgehead atoms. The van der Waals surface area contributed by atoms with Crippen molar-refractivity contribution in [3.63, 3.8) is 0 Å². The molecule has 0 atom stereocenters. The number of amides is 2. The van der Waals surface area contributed by atoms with Gasteiger partial charge in [-0.05, 0) is 35.2 Å². The zero-order valence-corrected chi connectivity index (χ0v) is 17.2. The van der Waals surface area contributed by atoms with Crippen LogP contribution in [0.15, 0.2) is 46.4 Å². The Morgan fingerprint density at radius 2 is 2.07 bits per heavy atom. The Labute approximate surface area is 166 Å². The quantitative estimate of drug-likeness (QED) is 0.414. The highest BCUT2D eigenvalue weighted by Gasteiger charge is 2.23. The van der Waals surface area contributed by atoms with E-state index in [1.165, 1.54) is 31.7 Å². The van der Waals surface area contributed by atoms with Crippen molar-refractivity contribution in [2.24, 2.45) is 0 Å². The van der Waals surface area contributed by atoms with E-state index in [0.29, 0.717) is 20.8 Å². The summed E-state index contributed by atoms with van der Waals surface area (Å²) in [5.74, 6) is 0.493. The maximum absolute atomic E-state index is 12.3. The molecule has 0 saturated heterocycles. The molecule has 8 nitrogen and oxygen atoms in total. The van der Waals surface area contributed by atoms with Crippen LogP contribution in [-0.4, -0.2) is 30.1 Å². The molecule has 2 aromatic rings. The predicted molar refractivity (Wildman–Crippen MR) is 110 cm³/mol. The Kier molecular flexibility index (Phi) is 9.31. The van der Waals surface area contributed by atoms with E-state index in [9.17, 15) is 14.9 Å². The number of ether oxygens (including phenoxy) is 1. The number of nitrogens with zero attached hydrogens (tertiary/aromatic N) is 3. The molecule has 0 unspecified atom stereocenters. The van der Waals surface area contributed by atoms with Crippen LogP contribution >= 0.6 is 23.1 Å². The van der Waals surface area contributed by atoms with Crippen LogP contribution in [0.4, 0.5) is 15.5 Å². The van der Waals surface area contributed by atoms with E-state index >= 15 is 0 Å². The van der Waals surface area contributed by atoms with E-state index in [1.54, 1.807) is 24.3 Å². The number of urea groups is 1. The third-order valence-electron chi connectivity index (χ3n) is 2.85. The van der Waals surface area contributed by atoms with E-state index in [2.05, 4.69) is 30.7 Å². The second-order valence-electron chi connectivity index (χ2n) is 4.99. The van der Waals surface area contributed by atoms with Gasteiger partial charge in [-0.15, -0.1) is 0 Å². The highest BCUT2D eigenvalue weighted by molar-refractivity contribution is 8.04. The molecule has 1 aromatic heterocycles. The summed E-state index contributed by atoms with van der Waals surface area (Å²) >= 11 is 1.98. The minimum absolute atomic E-state index is 0.0749. The Morgan fingerprint density at radius 1 is 1.44 bits per heavy atom. The predicted octanol–water partition coefficient (Wildman–Crippen LogP) is 4.89. The number of anilines is 1. The first kappa shape index (κ1) is 22.5. The number of para-hydroxylation sites is 2. The molecule has 10 heteroatoms. The first-order valence-corrected chi connectivity index (χ1v) is 9.64. The van der Waals surface area contributed by atoms with Crippen molar-refractivity contribution in [3.05, 3.63) is 52.2 Å². The Morgan fingerprint density at radius 3 is 2.59 bits per heavy atom. The summed E-state index contributed by atoms with van der Waals surface area (Å²) < 4.78 is 5.70. The molecule has 1 N–H and O–H groups in total. The number of thiazole rings is 1. The zero-order valence-electron chi connectivity index (χ0n) is 15.6. The van der Waals surface area contributed by atoms with Crippen molar-refractivity contribution >= 4 is 39.8 Å². The molecule has 0 aliphatic rings. The summed E-state index contributed by atoms with van der Waals surface area (Å²) in [4.78, 5) is 27.8. The van der Waals surface area contributed by atoms with Crippen LogP contribution in [0.5, 0.6) is 5.75 Å². The van der Waals surface area contributed by atoms with Crippen LogP contribution in [0.3, 0.4) is 0 Å². The van der Waals surface area contributed by atoms with Crippen molar-refractivity contribution in [1.29, 1.82) is 0 Å². The number of nitrogens with one attached hydrogen (secondary N) is 1. The molecule has 1 heterocycles. The third kappa shape index (κ3) is 6.26. The fourth-order valence-electron chi connectivity index (χ4n) is 1.81. The molecule has 0 aliphatic carbocycles. The summed E-state index contributed by atoms with van der Waals surface area (Å²) in [6.07, 6.45) is 2.42. The molecular weight excluding hydrogens is 388 g/mol. The molecular formula is C17H22N4O4S2. The van der Waals surface area contributed by atoms with Crippen LogP contribution in [0.1, 0.15) is 20.3 Å². The Balaban J connectivity index is 0.00000114. The van der Waals surface area contributed by atoms with Crippen LogP contribution in [0.2, 0.25) is 0 Å². The van der Waals surface area contributed by atoms with Crippen molar-refractivity contribution in [2.45, 2.75) is 24.6 Å². The van der Waals surface area contributed by atoms with Crippen molar-refractivity contribution < 1.29 is 14.5 Å². The first-order chi connectivity index (χ1) is 12.9. The summed E-state index contributed by atoms with van der Waals surface area (Å²) in [5.41, 5.74) is 0.503. The highest BCUT2D eigenvalue weighted by Crippen LogP contribution is 2.38. The number of carbonyl (C=O) groups excluding carboxylic acids is 1. The van der Waals surface area contributed by atoms with E-state index in [1.807, 2.05) is 0 Å². The highest BCUT2D eigenvalue weighted by atomic mass is 32.2. The van der Waals surface area contributed by atoms with Crippen molar-refractivity contribution in [1.82, 2.24) is 10.3 Å². The van der Waals surface area contributed by atoms with E-state index in [0.717, 1.165) is 23.1 Å². The van der Waals surface area contributed by atoms with Crippen LogP contribution in [-0.2, 0) is 0 Å². The molecule has 0 aliphatic heterocycles. The third-order valence-corrected chi connectivity index (χ3v) is 4.79. The van der Waals surface area contributed by atoms with Crippen LogP contribution in [0.25, 0.3) is 0 Å². The fourth-order valence-corrected chi connectivity index (χ4v) is 3.57. The zero-order chi connectivity index (χ0) is 20.4. The van der Waals surface area contributed by atoms with Crippen LogP contribution < -0.4 is 15.0 Å². The lowest BCUT2D eigenvalue weighted by atomic mass is 10.2. The van der Waals surface area contributed by atoms with Gasteiger partial charge in [0, 0.05) is 7.05 Å². The maximum atomic E-state index is 12.3. The largest absolute Gasteiger partial charge is 0.495 e. The monoisotopic (exact) mass is 410 g/mol. The lowest BCUT2D eigenvalue weighted by Gasteiger charge is -2.24. The SMILES string of the molecule is C=C(Sc1ncc([N+](=O)[O-])s1)N(C(=O)NC)c1ccccc1OC.CCC. The number of carbonyl (C=O) groups is 1. The van der Waals surface area contributed by atoms with Gasteiger partial charge in [0.15, 0.2) is 4.34 Å². The number of rotatable bonds is 6. The molecule has 146 valence electrons. The normalized spacial score (nSPS) is 9.63. The number of aromatic nitrogens is 1.